The molecule has 2 N–H and O–H groups in total. The van der Waals surface area contributed by atoms with Gasteiger partial charge in [-0.2, -0.15) is 0 Å². The van der Waals surface area contributed by atoms with Crippen LogP contribution in [0.4, 0.5) is 4.79 Å². The normalized spacial score (nSPS) is 25.4. The molecule has 5 nitrogen and oxygen atoms in total. The molecule has 0 aromatic rings. The van der Waals surface area contributed by atoms with Crippen LogP contribution < -0.4 is 10.6 Å². The Morgan fingerprint density at radius 3 is 2.59 bits per heavy atom. The van der Waals surface area contributed by atoms with Gasteiger partial charge in [0.15, 0.2) is 0 Å². The van der Waals surface area contributed by atoms with E-state index in [1.165, 1.54) is 18.4 Å². The summed E-state index contributed by atoms with van der Waals surface area (Å²) < 4.78 is 0. The molecule has 0 radical (unpaired) electrons. The van der Waals surface area contributed by atoms with Crippen LogP contribution in [0.2, 0.25) is 0 Å². The number of nitrogens with zero attached hydrogens (tertiary/aromatic N) is 1. The van der Waals surface area contributed by atoms with Gasteiger partial charge in [-0.3, -0.25) is 4.79 Å². The van der Waals surface area contributed by atoms with Crippen LogP contribution in [0, 0.1) is 11.8 Å². The fourth-order valence-electron chi connectivity index (χ4n) is 3.29. The molecule has 1 saturated carbocycles. The fourth-order valence-corrected chi connectivity index (χ4v) is 3.29. The minimum absolute atomic E-state index is 0.0184. The van der Waals surface area contributed by atoms with E-state index >= 15 is 0 Å². The summed E-state index contributed by atoms with van der Waals surface area (Å²) in [6, 6.07) is -0.0184. The Bertz CT molecular complexity index is 426. The summed E-state index contributed by atoms with van der Waals surface area (Å²) in [4.78, 5) is 25.4. The van der Waals surface area contributed by atoms with Crippen LogP contribution in [-0.2, 0) is 4.79 Å². The van der Waals surface area contributed by atoms with Crippen LogP contribution >= 0.6 is 0 Å². The lowest BCUT2D eigenvalue weighted by Gasteiger charge is -2.27. The van der Waals surface area contributed by atoms with Crippen molar-refractivity contribution in [2.75, 3.05) is 26.7 Å². The molecule has 2 aliphatic rings. The van der Waals surface area contributed by atoms with Crippen LogP contribution in [-0.4, -0.2) is 43.5 Å². The molecule has 0 saturated heterocycles. The van der Waals surface area contributed by atoms with Crippen molar-refractivity contribution in [3.63, 3.8) is 0 Å². The highest BCUT2D eigenvalue weighted by molar-refractivity contribution is 5.78. The third-order valence-corrected chi connectivity index (χ3v) is 4.94. The van der Waals surface area contributed by atoms with Crippen molar-refractivity contribution in [2.24, 2.45) is 11.8 Å². The highest BCUT2D eigenvalue weighted by atomic mass is 16.2. The number of rotatable bonds is 4. The molecule has 22 heavy (non-hydrogen) atoms. The Kier molecular flexibility index (Phi) is 6.28. The van der Waals surface area contributed by atoms with Gasteiger partial charge in [0.2, 0.25) is 5.91 Å². The zero-order chi connectivity index (χ0) is 15.9. The summed E-state index contributed by atoms with van der Waals surface area (Å²) in [5, 5.41) is 5.73. The number of nitrogens with one attached hydrogen (secondary N) is 2. The second-order valence-electron chi connectivity index (χ2n) is 6.61. The first kappa shape index (κ1) is 16.8. The molecule has 1 aliphatic heterocycles. The van der Waals surface area contributed by atoms with Gasteiger partial charge in [0, 0.05) is 32.6 Å². The van der Waals surface area contributed by atoms with Gasteiger partial charge in [0.25, 0.3) is 0 Å². The van der Waals surface area contributed by atoms with Crippen molar-refractivity contribution < 1.29 is 9.59 Å². The molecule has 2 rings (SSSR count). The smallest absolute Gasteiger partial charge is 0.317 e. The summed E-state index contributed by atoms with van der Waals surface area (Å²) in [5.41, 5.74) is 1.35. The first-order valence-corrected chi connectivity index (χ1v) is 8.52. The number of urea groups is 1. The second-order valence-corrected chi connectivity index (χ2v) is 6.61. The first-order valence-electron chi connectivity index (χ1n) is 8.52. The van der Waals surface area contributed by atoms with Crippen molar-refractivity contribution >= 4 is 11.9 Å². The standard InChI is InChI=1S/C17H29N3O2/c1-13-3-5-15(6-4-13)16(21)19-10-7-14-8-11-20(12-9-14)17(22)18-2/h8,13,15H,3-7,9-12H2,1-2H3,(H,18,22)(H,19,21). The summed E-state index contributed by atoms with van der Waals surface area (Å²) >= 11 is 0. The molecule has 0 aromatic carbocycles. The van der Waals surface area contributed by atoms with E-state index < -0.39 is 0 Å². The lowest BCUT2D eigenvalue weighted by Crippen LogP contribution is -2.40. The molecule has 0 bridgehead atoms. The van der Waals surface area contributed by atoms with Crippen LogP contribution in [0.1, 0.15) is 45.4 Å². The van der Waals surface area contributed by atoms with Gasteiger partial charge in [-0.1, -0.05) is 18.6 Å². The number of amides is 3. The molecule has 1 aliphatic carbocycles. The average molecular weight is 307 g/mol. The highest BCUT2D eigenvalue weighted by Crippen LogP contribution is 2.28. The van der Waals surface area contributed by atoms with Gasteiger partial charge in [0.05, 0.1) is 0 Å². The molecule has 0 spiro atoms. The Morgan fingerprint density at radius 2 is 2.00 bits per heavy atom. The van der Waals surface area contributed by atoms with Gasteiger partial charge in [-0.05, 0) is 44.4 Å². The summed E-state index contributed by atoms with van der Waals surface area (Å²) in [6.07, 6.45) is 8.36. The first-order chi connectivity index (χ1) is 10.6. The summed E-state index contributed by atoms with van der Waals surface area (Å²) in [7, 11) is 1.66. The van der Waals surface area contributed by atoms with E-state index in [1.807, 2.05) is 0 Å². The van der Waals surface area contributed by atoms with Gasteiger partial charge >= 0.3 is 6.03 Å². The van der Waals surface area contributed by atoms with E-state index in [4.69, 9.17) is 0 Å². The fraction of sp³-hybridized carbons (Fsp3) is 0.765. The Labute approximate surface area is 133 Å². The largest absolute Gasteiger partial charge is 0.356 e. The quantitative estimate of drug-likeness (QED) is 0.783. The molecular weight excluding hydrogens is 278 g/mol. The molecule has 5 heteroatoms. The number of carbonyl (C=O) groups excluding carboxylic acids is 2. The third kappa shape index (κ3) is 4.75. The lowest BCUT2D eigenvalue weighted by atomic mass is 9.82. The van der Waals surface area contributed by atoms with E-state index in [9.17, 15) is 9.59 Å². The van der Waals surface area contributed by atoms with Crippen molar-refractivity contribution in [1.29, 1.82) is 0 Å². The molecule has 0 unspecified atom stereocenters. The van der Waals surface area contributed by atoms with Crippen molar-refractivity contribution in [3.05, 3.63) is 11.6 Å². The maximum Gasteiger partial charge on any atom is 0.317 e. The SMILES string of the molecule is CNC(=O)N1CC=C(CCNC(=O)C2CCC(C)CC2)CC1. The van der Waals surface area contributed by atoms with E-state index in [1.54, 1.807) is 11.9 Å². The maximum atomic E-state index is 12.1. The Balaban J connectivity index is 1.65. The summed E-state index contributed by atoms with van der Waals surface area (Å²) in [5.74, 6) is 1.23. The molecule has 1 heterocycles. The molecule has 3 amide bonds. The Hall–Kier alpha value is -1.52. The van der Waals surface area contributed by atoms with E-state index in [0.29, 0.717) is 6.54 Å². The predicted octanol–water partition coefficient (Wildman–Crippen LogP) is 2.29. The lowest BCUT2D eigenvalue weighted by molar-refractivity contribution is -0.126. The van der Waals surface area contributed by atoms with Crippen molar-refractivity contribution in [3.8, 4) is 0 Å². The van der Waals surface area contributed by atoms with Crippen molar-refractivity contribution in [2.45, 2.75) is 45.4 Å². The van der Waals surface area contributed by atoms with Gasteiger partial charge < -0.3 is 15.5 Å². The van der Waals surface area contributed by atoms with E-state index in [2.05, 4.69) is 23.6 Å². The second kappa shape index (κ2) is 8.20. The third-order valence-electron chi connectivity index (χ3n) is 4.94. The van der Waals surface area contributed by atoms with Crippen LogP contribution in [0.15, 0.2) is 11.6 Å². The number of hydrogen-bond donors (Lipinski definition) is 2. The zero-order valence-corrected chi connectivity index (χ0v) is 13.9. The molecule has 124 valence electrons. The highest BCUT2D eigenvalue weighted by Gasteiger charge is 2.24. The zero-order valence-electron chi connectivity index (χ0n) is 13.9. The molecule has 1 fully saturated rings. The maximum absolute atomic E-state index is 12.1. The minimum Gasteiger partial charge on any atom is -0.356 e. The van der Waals surface area contributed by atoms with E-state index in [-0.39, 0.29) is 17.9 Å². The molecular formula is C17H29N3O2. The van der Waals surface area contributed by atoms with Crippen LogP contribution in [0.5, 0.6) is 0 Å². The van der Waals surface area contributed by atoms with Gasteiger partial charge in [-0.25, -0.2) is 4.79 Å². The van der Waals surface area contributed by atoms with Gasteiger partial charge in [-0.15, -0.1) is 0 Å². The number of hydrogen-bond acceptors (Lipinski definition) is 2. The van der Waals surface area contributed by atoms with Crippen LogP contribution in [0.25, 0.3) is 0 Å². The molecule has 0 aromatic heterocycles. The van der Waals surface area contributed by atoms with Crippen LogP contribution in [0.3, 0.4) is 0 Å². The number of carbonyl (C=O) groups is 2. The van der Waals surface area contributed by atoms with E-state index in [0.717, 1.165) is 44.7 Å². The van der Waals surface area contributed by atoms with Gasteiger partial charge in [0.1, 0.15) is 0 Å². The average Bonchev–Trinajstić information content (AvgIpc) is 2.55. The monoisotopic (exact) mass is 307 g/mol. The molecule has 0 atom stereocenters. The summed E-state index contributed by atoms with van der Waals surface area (Å²) in [6.45, 7) is 4.42. The Morgan fingerprint density at radius 1 is 1.27 bits per heavy atom. The predicted molar refractivity (Wildman–Crippen MR) is 87.5 cm³/mol. The van der Waals surface area contributed by atoms with Crippen molar-refractivity contribution in [1.82, 2.24) is 15.5 Å². The minimum atomic E-state index is -0.0184. The topological polar surface area (TPSA) is 61.4 Å².